The molecule has 1 aromatic rings. The van der Waals surface area contributed by atoms with Crippen molar-refractivity contribution in [2.24, 2.45) is 0 Å². The Balaban J connectivity index is 1.57. The lowest BCUT2D eigenvalue weighted by atomic mass is 10.0. The van der Waals surface area contributed by atoms with Gasteiger partial charge in [-0.25, -0.2) is 0 Å². The molecule has 1 aromatic carbocycles. The Bertz CT molecular complexity index is 493. The van der Waals surface area contributed by atoms with Crippen LogP contribution in [-0.4, -0.2) is 60.0 Å². The van der Waals surface area contributed by atoms with Gasteiger partial charge in [-0.2, -0.15) is 0 Å². The third kappa shape index (κ3) is 3.07. The highest BCUT2D eigenvalue weighted by Gasteiger charge is 2.29. The molecule has 0 amide bonds. The second-order valence-electron chi connectivity index (χ2n) is 5.91. The molecule has 0 saturated carbocycles. The van der Waals surface area contributed by atoms with Crippen LogP contribution in [0.1, 0.15) is 18.5 Å². The van der Waals surface area contributed by atoms with Gasteiger partial charge < -0.3 is 5.32 Å². The van der Waals surface area contributed by atoms with Crippen LogP contribution in [0.4, 0.5) is 5.69 Å². The highest BCUT2D eigenvalue weighted by molar-refractivity contribution is 5.34. The van der Waals surface area contributed by atoms with E-state index in [0.717, 1.165) is 50.9 Å². The van der Waals surface area contributed by atoms with Crippen molar-refractivity contribution in [3.8, 4) is 0 Å². The van der Waals surface area contributed by atoms with Gasteiger partial charge in [-0.1, -0.05) is 12.1 Å². The Kier molecular flexibility index (Phi) is 4.19. The Hall–Kier alpha value is -1.50. The molecule has 6 nitrogen and oxygen atoms in total. The van der Waals surface area contributed by atoms with Gasteiger partial charge in [0.25, 0.3) is 5.69 Å². The van der Waals surface area contributed by atoms with E-state index in [2.05, 4.69) is 22.0 Å². The van der Waals surface area contributed by atoms with Crippen LogP contribution in [0.15, 0.2) is 24.3 Å². The van der Waals surface area contributed by atoms with Crippen LogP contribution in [0.3, 0.4) is 0 Å². The van der Waals surface area contributed by atoms with Gasteiger partial charge in [0, 0.05) is 63.5 Å². The molecule has 2 fully saturated rings. The number of piperazine rings is 1. The Labute approximate surface area is 124 Å². The lowest BCUT2D eigenvalue weighted by Crippen LogP contribution is -2.61. The van der Waals surface area contributed by atoms with Crippen LogP contribution in [0, 0.1) is 10.1 Å². The molecule has 2 aliphatic rings. The van der Waals surface area contributed by atoms with Gasteiger partial charge in [0.1, 0.15) is 0 Å². The molecule has 1 atom stereocenters. The zero-order valence-electron chi connectivity index (χ0n) is 12.4. The first-order valence-electron chi connectivity index (χ1n) is 7.58. The maximum Gasteiger partial charge on any atom is 0.269 e. The molecule has 1 N–H and O–H groups in total. The average molecular weight is 290 g/mol. The number of rotatable bonds is 4. The summed E-state index contributed by atoms with van der Waals surface area (Å²) in [5.74, 6) is 0. The third-order valence-corrected chi connectivity index (χ3v) is 4.76. The fourth-order valence-corrected chi connectivity index (χ4v) is 3.11. The normalized spacial score (nSPS) is 22.7. The van der Waals surface area contributed by atoms with Crippen molar-refractivity contribution in [1.82, 2.24) is 15.1 Å². The molecule has 0 spiro atoms. The van der Waals surface area contributed by atoms with Crippen molar-refractivity contribution >= 4 is 5.69 Å². The molecule has 0 radical (unpaired) electrons. The van der Waals surface area contributed by atoms with Crippen LogP contribution in [0.5, 0.6) is 0 Å². The zero-order valence-corrected chi connectivity index (χ0v) is 12.4. The Morgan fingerprint density at radius 3 is 2.29 bits per heavy atom. The van der Waals surface area contributed by atoms with Crippen LogP contribution < -0.4 is 5.32 Å². The molecule has 2 aliphatic heterocycles. The number of nitro groups is 1. The molecule has 0 aliphatic carbocycles. The highest BCUT2D eigenvalue weighted by Crippen LogP contribution is 2.24. The van der Waals surface area contributed by atoms with E-state index in [1.165, 1.54) is 0 Å². The number of hydrogen-bond acceptors (Lipinski definition) is 5. The smallest absolute Gasteiger partial charge is 0.269 e. The predicted molar refractivity (Wildman–Crippen MR) is 81.3 cm³/mol. The van der Waals surface area contributed by atoms with Gasteiger partial charge in [-0.3, -0.25) is 19.9 Å². The summed E-state index contributed by atoms with van der Waals surface area (Å²) in [4.78, 5) is 15.4. The summed E-state index contributed by atoms with van der Waals surface area (Å²) in [5, 5.41) is 14.0. The van der Waals surface area contributed by atoms with E-state index in [0.29, 0.717) is 6.04 Å². The predicted octanol–water partition coefficient (Wildman–Crippen LogP) is 1.25. The van der Waals surface area contributed by atoms with E-state index in [9.17, 15) is 10.1 Å². The van der Waals surface area contributed by atoms with E-state index < -0.39 is 0 Å². The standard InChI is InChI=1S/C15H22N4O2/c1-12(13-2-4-14(5-3-13)19(20)21)17-6-8-18(9-7-17)15-10-16-11-15/h2-5,12,15-16H,6-11H2,1H3. The largest absolute Gasteiger partial charge is 0.314 e. The minimum Gasteiger partial charge on any atom is -0.314 e. The lowest BCUT2D eigenvalue weighted by molar-refractivity contribution is -0.384. The SMILES string of the molecule is CC(c1ccc([N+](=O)[O-])cc1)N1CCN(C2CNC2)CC1. The summed E-state index contributed by atoms with van der Waals surface area (Å²) < 4.78 is 0. The van der Waals surface area contributed by atoms with Crippen LogP contribution in [0.2, 0.25) is 0 Å². The van der Waals surface area contributed by atoms with Gasteiger partial charge in [-0.05, 0) is 12.5 Å². The van der Waals surface area contributed by atoms with Gasteiger partial charge in [0.2, 0.25) is 0 Å². The first-order chi connectivity index (χ1) is 10.1. The van der Waals surface area contributed by atoms with Crippen molar-refractivity contribution in [2.45, 2.75) is 19.0 Å². The van der Waals surface area contributed by atoms with Crippen molar-refractivity contribution in [2.75, 3.05) is 39.3 Å². The molecule has 21 heavy (non-hydrogen) atoms. The Morgan fingerprint density at radius 1 is 1.19 bits per heavy atom. The van der Waals surface area contributed by atoms with E-state index in [1.54, 1.807) is 12.1 Å². The molecule has 0 aromatic heterocycles. The molecular weight excluding hydrogens is 268 g/mol. The van der Waals surface area contributed by atoms with Gasteiger partial charge >= 0.3 is 0 Å². The maximum absolute atomic E-state index is 10.7. The number of nitrogens with zero attached hydrogens (tertiary/aromatic N) is 3. The zero-order chi connectivity index (χ0) is 14.8. The first kappa shape index (κ1) is 14.4. The molecule has 2 saturated heterocycles. The van der Waals surface area contributed by atoms with E-state index in [1.807, 2.05) is 12.1 Å². The molecule has 2 heterocycles. The van der Waals surface area contributed by atoms with Crippen LogP contribution in [0.25, 0.3) is 0 Å². The summed E-state index contributed by atoms with van der Waals surface area (Å²) in [6.45, 7) is 8.79. The molecule has 6 heteroatoms. The second-order valence-corrected chi connectivity index (χ2v) is 5.91. The third-order valence-electron chi connectivity index (χ3n) is 4.76. The van der Waals surface area contributed by atoms with Crippen molar-refractivity contribution < 1.29 is 4.92 Å². The number of nitrogens with one attached hydrogen (secondary N) is 1. The van der Waals surface area contributed by atoms with E-state index in [4.69, 9.17) is 0 Å². The topological polar surface area (TPSA) is 61.7 Å². The number of hydrogen-bond donors (Lipinski definition) is 1. The number of benzene rings is 1. The summed E-state index contributed by atoms with van der Waals surface area (Å²) in [5.41, 5.74) is 1.31. The van der Waals surface area contributed by atoms with Crippen molar-refractivity contribution in [3.05, 3.63) is 39.9 Å². The summed E-state index contributed by atoms with van der Waals surface area (Å²) >= 11 is 0. The molecule has 114 valence electrons. The fraction of sp³-hybridized carbons (Fsp3) is 0.600. The number of nitro benzene ring substituents is 1. The average Bonchev–Trinajstić information content (AvgIpc) is 2.46. The maximum atomic E-state index is 10.7. The second kappa shape index (κ2) is 6.09. The van der Waals surface area contributed by atoms with Gasteiger partial charge in [-0.15, -0.1) is 0 Å². The lowest BCUT2D eigenvalue weighted by Gasteiger charge is -2.44. The van der Waals surface area contributed by atoms with Crippen molar-refractivity contribution in [1.29, 1.82) is 0 Å². The van der Waals surface area contributed by atoms with Crippen molar-refractivity contribution in [3.63, 3.8) is 0 Å². The fourth-order valence-electron chi connectivity index (χ4n) is 3.11. The van der Waals surface area contributed by atoms with Gasteiger partial charge in [0.05, 0.1) is 4.92 Å². The highest BCUT2D eigenvalue weighted by atomic mass is 16.6. The summed E-state index contributed by atoms with van der Waals surface area (Å²) in [6, 6.07) is 8.00. The minimum atomic E-state index is -0.347. The molecule has 0 bridgehead atoms. The Morgan fingerprint density at radius 2 is 1.81 bits per heavy atom. The summed E-state index contributed by atoms with van der Waals surface area (Å²) in [6.07, 6.45) is 0. The quantitative estimate of drug-likeness (QED) is 0.668. The summed E-state index contributed by atoms with van der Waals surface area (Å²) in [7, 11) is 0. The monoisotopic (exact) mass is 290 g/mol. The first-order valence-corrected chi connectivity index (χ1v) is 7.58. The minimum absolute atomic E-state index is 0.160. The van der Waals surface area contributed by atoms with E-state index in [-0.39, 0.29) is 10.6 Å². The number of non-ortho nitro benzene ring substituents is 1. The van der Waals surface area contributed by atoms with Crippen LogP contribution >= 0.6 is 0 Å². The van der Waals surface area contributed by atoms with E-state index >= 15 is 0 Å². The molecule has 3 rings (SSSR count). The van der Waals surface area contributed by atoms with Crippen LogP contribution in [-0.2, 0) is 0 Å². The van der Waals surface area contributed by atoms with Gasteiger partial charge in [0.15, 0.2) is 0 Å². The molecule has 1 unspecified atom stereocenters. The molecular formula is C15H22N4O2.